The molecule has 0 unspecified atom stereocenters. The summed E-state index contributed by atoms with van der Waals surface area (Å²) in [6.07, 6.45) is -4.44. The van der Waals surface area contributed by atoms with Crippen molar-refractivity contribution in [2.45, 2.75) is 17.6 Å². The number of nitrogens with one attached hydrogen (secondary N) is 1. The molecule has 0 aromatic heterocycles. The highest BCUT2D eigenvalue weighted by atomic mass is 32.1. The van der Waals surface area contributed by atoms with E-state index in [2.05, 4.69) is 17.9 Å². The van der Waals surface area contributed by atoms with Gasteiger partial charge in [-0.1, -0.05) is 24.3 Å². The van der Waals surface area contributed by atoms with Gasteiger partial charge in [-0.05, 0) is 29.8 Å². The molecule has 1 amide bonds. The van der Waals surface area contributed by atoms with E-state index in [1.165, 1.54) is 18.2 Å². The molecule has 2 nitrogen and oxygen atoms in total. The molecule has 0 saturated carbocycles. The molecule has 0 atom stereocenters. The Hall–Kier alpha value is -1.95. The zero-order chi connectivity index (χ0) is 15.5. The Kier molecular flexibility index (Phi) is 4.57. The third-order valence-electron chi connectivity index (χ3n) is 2.87. The number of hydrogen-bond donors (Lipinski definition) is 2. The van der Waals surface area contributed by atoms with Crippen LogP contribution in [-0.4, -0.2) is 5.91 Å². The van der Waals surface area contributed by atoms with Crippen LogP contribution in [0, 0.1) is 0 Å². The van der Waals surface area contributed by atoms with E-state index in [0.717, 1.165) is 6.07 Å². The van der Waals surface area contributed by atoms with Crippen LogP contribution in [0.4, 0.5) is 13.2 Å². The van der Waals surface area contributed by atoms with Gasteiger partial charge >= 0.3 is 6.18 Å². The monoisotopic (exact) mass is 311 g/mol. The molecule has 2 aromatic rings. The minimum Gasteiger partial charge on any atom is -0.348 e. The molecule has 6 heteroatoms. The summed E-state index contributed by atoms with van der Waals surface area (Å²) >= 11 is 4.11. The maximum absolute atomic E-state index is 12.8. The number of hydrogen-bond acceptors (Lipinski definition) is 2. The van der Waals surface area contributed by atoms with Gasteiger partial charge in [-0.3, -0.25) is 4.79 Å². The zero-order valence-electron chi connectivity index (χ0n) is 10.8. The largest absolute Gasteiger partial charge is 0.416 e. The average molecular weight is 311 g/mol. The fourth-order valence-corrected chi connectivity index (χ4v) is 2.10. The van der Waals surface area contributed by atoms with Crippen molar-refractivity contribution in [2.75, 3.05) is 0 Å². The SMILES string of the molecule is O=C(NCc1ccccc1C(F)(F)F)c1cccc(S)c1. The van der Waals surface area contributed by atoms with Gasteiger partial charge in [0.2, 0.25) is 0 Å². The number of carbonyl (C=O) groups excluding carboxylic acids is 1. The van der Waals surface area contributed by atoms with Gasteiger partial charge in [-0.15, -0.1) is 12.6 Å². The van der Waals surface area contributed by atoms with Gasteiger partial charge in [0.15, 0.2) is 0 Å². The fourth-order valence-electron chi connectivity index (χ4n) is 1.88. The van der Waals surface area contributed by atoms with Crippen molar-refractivity contribution in [1.82, 2.24) is 5.32 Å². The van der Waals surface area contributed by atoms with Gasteiger partial charge in [-0.25, -0.2) is 0 Å². The molecule has 0 aliphatic heterocycles. The van der Waals surface area contributed by atoms with Crippen molar-refractivity contribution >= 4 is 18.5 Å². The van der Waals surface area contributed by atoms with E-state index in [-0.39, 0.29) is 12.1 Å². The minimum absolute atomic E-state index is 0.0281. The maximum Gasteiger partial charge on any atom is 0.416 e. The lowest BCUT2D eigenvalue weighted by atomic mass is 10.1. The lowest BCUT2D eigenvalue weighted by Gasteiger charge is -2.13. The first-order valence-electron chi connectivity index (χ1n) is 6.10. The Balaban J connectivity index is 2.12. The van der Waals surface area contributed by atoms with Crippen LogP contribution in [0.3, 0.4) is 0 Å². The van der Waals surface area contributed by atoms with E-state index in [1.54, 1.807) is 24.3 Å². The highest BCUT2D eigenvalue weighted by Crippen LogP contribution is 2.31. The number of halogens is 3. The smallest absolute Gasteiger partial charge is 0.348 e. The quantitative estimate of drug-likeness (QED) is 0.827. The summed E-state index contributed by atoms with van der Waals surface area (Å²) < 4.78 is 38.5. The van der Waals surface area contributed by atoms with Gasteiger partial charge < -0.3 is 5.32 Å². The molecule has 0 aliphatic rings. The number of benzene rings is 2. The van der Waals surface area contributed by atoms with E-state index in [1.807, 2.05) is 0 Å². The topological polar surface area (TPSA) is 29.1 Å². The van der Waals surface area contributed by atoms with E-state index < -0.39 is 17.6 Å². The van der Waals surface area contributed by atoms with Crippen molar-refractivity contribution in [3.63, 3.8) is 0 Å². The highest BCUT2D eigenvalue weighted by Gasteiger charge is 2.32. The lowest BCUT2D eigenvalue weighted by molar-refractivity contribution is -0.138. The van der Waals surface area contributed by atoms with Crippen LogP contribution in [0.1, 0.15) is 21.5 Å². The summed E-state index contributed by atoms with van der Waals surface area (Å²) in [4.78, 5) is 12.5. The zero-order valence-corrected chi connectivity index (χ0v) is 11.7. The standard InChI is InChI=1S/C15H12F3NOS/c16-15(17,18)13-7-2-1-4-11(13)9-19-14(20)10-5-3-6-12(21)8-10/h1-8,21H,9H2,(H,19,20). The minimum atomic E-state index is -4.44. The average Bonchev–Trinajstić information content (AvgIpc) is 2.44. The van der Waals surface area contributed by atoms with Gasteiger partial charge in [-0.2, -0.15) is 13.2 Å². The second kappa shape index (κ2) is 6.22. The molecule has 2 rings (SSSR count). The van der Waals surface area contributed by atoms with E-state index in [0.29, 0.717) is 10.5 Å². The van der Waals surface area contributed by atoms with Crippen LogP contribution in [0.15, 0.2) is 53.4 Å². The van der Waals surface area contributed by atoms with E-state index >= 15 is 0 Å². The van der Waals surface area contributed by atoms with Gasteiger partial charge in [0.1, 0.15) is 0 Å². The Labute approximate surface area is 125 Å². The predicted octanol–water partition coefficient (Wildman–Crippen LogP) is 3.92. The summed E-state index contributed by atoms with van der Waals surface area (Å²) in [6.45, 7) is -0.189. The van der Waals surface area contributed by atoms with Crippen LogP contribution < -0.4 is 5.32 Å². The molecule has 110 valence electrons. The van der Waals surface area contributed by atoms with Crippen LogP contribution in [0.25, 0.3) is 0 Å². The molecule has 2 aromatic carbocycles. The van der Waals surface area contributed by atoms with Gasteiger partial charge in [0, 0.05) is 17.0 Å². The molecule has 0 saturated heterocycles. The van der Waals surface area contributed by atoms with Gasteiger partial charge in [0.25, 0.3) is 5.91 Å². The summed E-state index contributed by atoms with van der Waals surface area (Å²) in [5.41, 5.74) is -0.361. The van der Waals surface area contributed by atoms with Crippen LogP contribution >= 0.6 is 12.6 Å². The fraction of sp³-hybridized carbons (Fsp3) is 0.133. The second-order valence-electron chi connectivity index (χ2n) is 4.39. The first-order valence-corrected chi connectivity index (χ1v) is 6.55. The highest BCUT2D eigenvalue weighted by molar-refractivity contribution is 7.80. The van der Waals surface area contributed by atoms with Crippen molar-refractivity contribution in [2.24, 2.45) is 0 Å². The number of thiol groups is 1. The van der Waals surface area contributed by atoms with Crippen molar-refractivity contribution in [1.29, 1.82) is 0 Å². The van der Waals surface area contributed by atoms with Crippen LogP contribution in [-0.2, 0) is 12.7 Å². The summed E-state index contributed by atoms with van der Waals surface area (Å²) in [6, 6.07) is 11.6. The van der Waals surface area contributed by atoms with Crippen LogP contribution in [0.2, 0.25) is 0 Å². The molecule has 21 heavy (non-hydrogen) atoms. The third-order valence-corrected chi connectivity index (χ3v) is 3.15. The third kappa shape index (κ3) is 4.01. The molecular formula is C15H12F3NOS. The molecular weight excluding hydrogens is 299 g/mol. The Bertz CT molecular complexity index is 655. The normalized spacial score (nSPS) is 11.2. The predicted molar refractivity (Wildman–Crippen MR) is 76.3 cm³/mol. The summed E-state index contributed by atoms with van der Waals surface area (Å²) in [7, 11) is 0. The summed E-state index contributed by atoms with van der Waals surface area (Å²) in [5.74, 6) is -0.442. The Morgan fingerprint density at radius 2 is 1.81 bits per heavy atom. The number of amides is 1. The number of carbonyl (C=O) groups is 1. The molecule has 1 N–H and O–H groups in total. The maximum atomic E-state index is 12.8. The van der Waals surface area contributed by atoms with Crippen molar-refractivity contribution < 1.29 is 18.0 Å². The number of alkyl halides is 3. The first-order chi connectivity index (χ1) is 9.88. The van der Waals surface area contributed by atoms with E-state index in [4.69, 9.17) is 0 Å². The second-order valence-corrected chi connectivity index (χ2v) is 4.90. The summed E-state index contributed by atoms with van der Waals surface area (Å²) in [5, 5.41) is 2.48. The Morgan fingerprint density at radius 3 is 2.48 bits per heavy atom. The molecule has 0 aliphatic carbocycles. The van der Waals surface area contributed by atoms with Crippen molar-refractivity contribution in [3.05, 3.63) is 65.2 Å². The first kappa shape index (κ1) is 15.4. The molecule has 0 bridgehead atoms. The number of rotatable bonds is 3. The van der Waals surface area contributed by atoms with Gasteiger partial charge in [0.05, 0.1) is 5.56 Å². The van der Waals surface area contributed by atoms with E-state index in [9.17, 15) is 18.0 Å². The molecule has 0 heterocycles. The lowest BCUT2D eigenvalue weighted by Crippen LogP contribution is -2.24. The molecule has 0 radical (unpaired) electrons. The molecule has 0 fully saturated rings. The van der Waals surface area contributed by atoms with Crippen molar-refractivity contribution in [3.8, 4) is 0 Å². The Morgan fingerprint density at radius 1 is 1.10 bits per heavy atom. The molecule has 0 spiro atoms. The van der Waals surface area contributed by atoms with Crippen LogP contribution in [0.5, 0.6) is 0 Å².